The van der Waals surface area contributed by atoms with E-state index in [9.17, 15) is 31.5 Å². The lowest BCUT2D eigenvalue weighted by atomic mass is 10.2. The summed E-state index contributed by atoms with van der Waals surface area (Å²) in [6, 6.07) is 0. The molecular formula is C12H9Br4N5O7S3. The van der Waals surface area contributed by atoms with Gasteiger partial charge in [0.2, 0.25) is 25.4 Å². The van der Waals surface area contributed by atoms with Gasteiger partial charge in [-0.3, -0.25) is 4.79 Å². The number of sulfonamides is 2. The normalized spacial score (nSPS) is 12.0. The average molecular weight is 751 g/mol. The van der Waals surface area contributed by atoms with Crippen molar-refractivity contribution in [2.45, 2.75) is 15.7 Å². The molecule has 2 aromatic rings. The van der Waals surface area contributed by atoms with Gasteiger partial charge < -0.3 is 10.4 Å². The molecule has 0 radical (unpaired) electrons. The Morgan fingerprint density at radius 1 is 1.00 bits per heavy atom. The lowest BCUT2D eigenvalue weighted by Gasteiger charge is -2.15. The van der Waals surface area contributed by atoms with E-state index >= 15 is 0 Å². The fourth-order valence-corrected chi connectivity index (χ4v) is 7.83. The number of carbonyl (C=O) groups is 2. The van der Waals surface area contributed by atoms with Crippen molar-refractivity contribution in [3.05, 3.63) is 23.5 Å². The third-order valence-electron chi connectivity index (χ3n) is 3.25. The van der Waals surface area contributed by atoms with Crippen LogP contribution < -0.4 is 15.2 Å². The third-order valence-corrected chi connectivity index (χ3v) is 12.0. The summed E-state index contributed by atoms with van der Waals surface area (Å²) in [7, 11) is -8.44. The van der Waals surface area contributed by atoms with Crippen molar-refractivity contribution in [1.29, 1.82) is 0 Å². The van der Waals surface area contributed by atoms with E-state index in [0.717, 1.165) is 0 Å². The molecule has 1 heterocycles. The van der Waals surface area contributed by atoms with Gasteiger partial charge in [-0.2, -0.15) is 0 Å². The van der Waals surface area contributed by atoms with Crippen LogP contribution in [-0.2, 0) is 24.8 Å². The monoisotopic (exact) mass is 747 g/mol. The number of nitrogens with two attached hydrogens (primary N) is 1. The SMILES string of the molecule is NS(=O)(=O)c1nnc(NC(=O)CCNS(=O)(=O)c2c(Br)c(Br)c(Br)c(Br)c2C(=O)O)s1. The number of aromatic carboxylic acids is 1. The number of amides is 1. The van der Waals surface area contributed by atoms with Gasteiger partial charge in [0.25, 0.3) is 10.0 Å². The molecule has 2 rings (SSSR count). The highest BCUT2D eigenvalue weighted by Crippen LogP contribution is 2.43. The van der Waals surface area contributed by atoms with Gasteiger partial charge in [0.15, 0.2) is 0 Å². The molecule has 0 saturated carbocycles. The first-order chi connectivity index (χ1) is 14.2. The van der Waals surface area contributed by atoms with Gasteiger partial charge in [0.1, 0.15) is 4.90 Å². The number of carboxylic acids is 1. The molecule has 0 aliphatic heterocycles. The number of rotatable bonds is 8. The van der Waals surface area contributed by atoms with Crippen LogP contribution in [0.25, 0.3) is 0 Å². The molecule has 0 fully saturated rings. The molecule has 5 N–H and O–H groups in total. The van der Waals surface area contributed by atoms with Crippen molar-refractivity contribution in [2.75, 3.05) is 11.9 Å². The van der Waals surface area contributed by atoms with Crippen LogP contribution in [-0.4, -0.2) is 50.6 Å². The fraction of sp³-hybridized carbons (Fsp3) is 0.167. The van der Waals surface area contributed by atoms with Crippen molar-refractivity contribution >= 4 is 112 Å². The minimum Gasteiger partial charge on any atom is -0.478 e. The highest BCUT2D eigenvalue weighted by atomic mass is 79.9. The molecular weight excluding hydrogens is 742 g/mol. The number of benzene rings is 1. The summed E-state index contributed by atoms with van der Waals surface area (Å²) >= 11 is 13.0. The first-order valence-corrected chi connectivity index (χ1v) is 14.4. The summed E-state index contributed by atoms with van der Waals surface area (Å²) in [5, 5.41) is 23.2. The number of hydrogen-bond acceptors (Lipinski definition) is 9. The Balaban J connectivity index is 2.17. The van der Waals surface area contributed by atoms with Crippen LogP contribution in [0.2, 0.25) is 0 Å². The number of nitrogens with one attached hydrogen (secondary N) is 2. The molecule has 0 unspecified atom stereocenters. The minimum atomic E-state index is -4.37. The smallest absolute Gasteiger partial charge is 0.338 e. The number of halogens is 4. The summed E-state index contributed by atoms with van der Waals surface area (Å²) in [4.78, 5) is 23.1. The number of carbonyl (C=O) groups excluding carboxylic acids is 1. The summed E-state index contributed by atoms with van der Waals surface area (Å²) in [5.74, 6) is -2.20. The van der Waals surface area contributed by atoms with Gasteiger partial charge in [-0.1, -0.05) is 11.3 Å². The average Bonchev–Trinajstić information content (AvgIpc) is 3.10. The topological polar surface area (TPSA) is 199 Å². The lowest BCUT2D eigenvalue weighted by molar-refractivity contribution is -0.116. The molecule has 0 aliphatic rings. The van der Waals surface area contributed by atoms with Gasteiger partial charge >= 0.3 is 5.97 Å². The quantitative estimate of drug-likeness (QED) is 0.178. The highest BCUT2D eigenvalue weighted by molar-refractivity contribution is 9.15. The zero-order valence-corrected chi connectivity index (χ0v) is 23.3. The predicted molar refractivity (Wildman–Crippen MR) is 124 cm³/mol. The maximum atomic E-state index is 12.8. The molecule has 0 aliphatic carbocycles. The van der Waals surface area contributed by atoms with Crippen LogP contribution in [0.15, 0.2) is 27.1 Å². The largest absolute Gasteiger partial charge is 0.478 e. The number of hydrogen-bond donors (Lipinski definition) is 4. The highest BCUT2D eigenvalue weighted by Gasteiger charge is 2.31. The molecule has 1 amide bonds. The Bertz CT molecular complexity index is 1280. The van der Waals surface area contributed by atoms with E-state index in [1.165, 1.54) is 0 Å². The number of carboxylic acid groups (broad SMARTS) is 1. The van der Waals surface area contributed by atoms with Crippen LogP contribution in [0.4, 0.5) is 5.13 Å². The van der Waals surface area contributed by atoms with Crippen LogP contribution in [0, 0.1) is 0 Å². The number of aromatic nitrogens is 2. The maximum absolute atomic E-state index is 12.8. The van der Waals surface area contributed by atoms with Crippen molar-refractivity contribution in [1.82, 2.24) is 14.9 Å². The van der Waals surface area contributed by atoms with Gasteiger partial charge in [-0.15, -0.1) is 10.2 Å². The molecule has 12 nitrogen and oxygen atoms in total. The fourth-order valence-electron chi connectivity index (χ4n) is 1.98. The van der Waals surface area contributed by atoms with Crippen LogP contribution in [0.5, 0.6) is 0 Å². The predicted octanol–water partition coefficient (Wildman–Crippen LogP) is 2.24. The van der Waals surface area contributed by atoms with E-state index < -0.39 is 53.3 Å². The minimum absolute atomic E-state index is 0.00452. The first-order valence-electron chi connectivity index (χ1n) is 7.42. The Hall–Kier alpha value is -0.540. The van der Waals surface area contributed by atoms with Gasteiger partial charge in [-0.05, 0) is 63.7 Å². The van der Waals surface area contributed by atoms with Crippen molar-refractivity contribution in [3.63, 3.8) is 0 Å². The molecule has 0 spiro atoms. The Morgan fingerprint density at radius 2 is 1.58 bits per heavy atom. The Morgan fingerprint density at radius 3 is 2.10 bits per heavy atom. The van der Waals surface area contributed by atoms with Crippen molar-refractivity contribution < 1.29 is 31.5 Å². The Kier molecular flexibility index (Phi) is 8.75. The molecule has 1 aromatic heterocycles. The maximum Gasteiger partial charge on any atom is 0.338 e. The van der Waals surface area contributed by atoms with Gasteiger partial charge in [0, 0.05) is 26.4 Å². The summed E-state index contributed by atoms with van der Waals surface area (Å²) in [5.41, 5.74) is -0.525. The number of nitrogens with zero attached hydrogens (tertiary/aromatic N) is 2. The van der Waals surface area contributed by atoms with Crippen molar-refractivity contribution in [3.8, 4) is 0 Å². The third kappa shape index (κ3) is 6.28. The van der Waals surface area contributed by atoms with Crippen LogP contribution in [0.1, 0.15) is 16.8 Å². The zero-order valence-electron chi connectivity index (χ0n) is 14.5. The van der Waals surface area contributed by atoms with Crippen LogP contribution in [0.3, 0.4) is 0 Å². The van der Waals surface area contributed by atoms with Gasteiger partial charge in [0.05, 0.1) is 10.0 Å². The molecule has 31 heavy (non-hydrogen) atoms. The second kappa shape index (κ2) is 10.2. The van der Waals surface area contributed by atoms with E-state index in [1.54, 1.807) is 0 Å². The van der Waals surface area contributed by atoms with E-state index in [-0.39, 0.29) is 29.4 Å². The molecule has 1 aromatic carbocycles. The molecule has 19 heteroatoms. The second-order valence-corrected chi connectivity index (χ2v) is 13.0. The molecule has 170 valence electrons. The zero-order chi connectivity index (χ0) is 23.7. The summed E-state index contributed by atoms with van der Waals surface area (Å²) in [6.07, 6.45) is -0.373. The second-order valence-electron chi connectivity index (χ2n) is 5.38. The van der Waals surface area contributed by atoms with Crippen molar-refractivity contribution in [2.24, 2.45) is 5.14 Å². The van der Waals surface area contributed by atoms with Crippen LogP contribution >= 0.6 is 75.1 Å². The summed E-state index contributed by atoms with van der Waals surface area (Å²) in [6.45, 7) is -0.397. The molecule has 0 saturated heterocycles. The lowest BCUT2D eigenvalue weighted by Crippen LogP contribution is -2.29. The number of anilines is 1. The van der Waals surface area contributed by atoms with E-state index in [1.807, 2.05) is 0 Å². The first kappa shape index (κ1) is 26.7. The molecule has 0 atom stereocenters. The number of primary sulfonamides is 1. The van der Waals surface area contributed by atoms with E-state index in [0.29, 0.717) is 11.3 Å². The standard InChI is InChI=1S/C12H9Br4N5O7S3/c13-5-4(10(23)24)9(8(16)7(15)6(5)14)31(27,28)18-2-1-3(22)19-11-20-21-12(29-11)30(17,25)26/h18H,1-2H2,(H,23,24)(H2,17,25,26)(H,19,20,22). The van der Waals surface area contributed by atoms with Gasteiger partial charge in [-0.25, -0.2) is 31.5 Å². The summed E-state index contributed by atoms with van der Waals surface area (Å²) < 4.78 is 50.0. The van der Waals surface area contributed by atoms with E-state index in [4.69, 9.17) is 5.14 Å². The molecule has 0 bridgehead atoms. The Labute approximate surface area is 213 Å². The van der Waals surface area contributed by atoms with E-state index in [2.05, 4.69) is 84.0 Å².